The van der Waals surface area contributed by atoms with Crippen molar-refractivity contribution in [3.8, 4) is 0 Å². The monoisotopic (exact) mass is 232 g/mol. The lowest BCUT2D eigenvalue weighted by atomic mass is 10.2. The van der Waals surface area contributed by atoms with Crippen molar-refractivity contribution in [2.75, 3.05) is 0 Å². The number of rotatable bonds is 0. The zero-order chi connectivity index (χ0) is 9.56. The van der Waals surface area contributed by atoms with Gasteiger partial charge in [-0.2, -0.15) is 0 Å². The molecule has 0 radical (unpaired) electrons. The number of aryl methyl sites for hydroxylation is 1. The normalized spacial score (nSPS) is 8.42. The van der Waals surface area contributed by atoms with Gasteiger partial charge in [-0.15, -0.1) is 0 Å². The molecule has 0 spiro atoms. The largest absolute Gasteiger partial charge is 0.631 e. The third-order valence-electron chi connectivity index (χ3n) is 0.980. The average Bonchev–Trinajstić information content (AvgIpc) is 1.84. The lowest BCUT2D eigenvalue weighted by Gasteiger charge is -1.89. The highest BCUT2D eigenvalue weighted by molar-refractivity contribution is 9.10. The molecular formula is C7H10BBrO3. The summed E-state index contributed by atoms with van der Waals surface area (Å²) in [5.41, 5.74) is 1.29. The molecule has 0 aliphatic rings. The van der Waals surface area contributed by atoms with Crippen LogP contribution in [0.15, 0.2) is 28.7 Å². The van der Waals surface area contributed by atoms with E-state index >= 15 is 0 Å². The molecule has 0 amide bonds. The van der Waals surface area contributed by atoms with Gasteiger partial charge in [-0.3, -0.25) is 0 Å². The second-order valence-corrected chi connectivity index (χ2v) is 3.06. The lowest BCUT2D eigenvalue weighted by Crippen LogP contribution is -2.07. The Morgan fingerprint density at radius 3 is 2.00 bits per heavy atom. The van der Waals surface area contributed by atoms with Gasteiger partial charge in [-0.25, -0.2) is 0 Å². The molecule has 0 atom stereocenters. The maximum atomic E-state index is 7.17. The zero-order valence-corrected chi connectivity index (χ0v) is 8.19. The van der Waals surface area contributed by atoms with Gasteiger partial charge in [0.15, 0.2) is 0 Å². The van der Waals surface area contributed by atoms with Crippen molar-refractivity contribution < 1.29 is 15.1 Å². The Labute approximate surface area is 80.0 Å². The minimum absolute atomic E-state index is 1.15. The molecule has 1 aromatic rings. The summed E-state index contributed by atoms with van der Waals surface area (Å²) in [5.74, 6) is 0. The summed E-state index contributed by atoms with van der Waals surface area (Å²) >= 11 is 3.36. The van der Waals surface area contributed by atoms with E-state index in [0.717, 1.165) is 4.47 Å². The van der Waals surface area contributed by atoms with Crippen molar-refractivity contribution in [1.82, 2.24) is 0 Å². The first kappa shape index (κ1) is 11.6. The molecule has 0 unspecified atom stereocenters. The second kappa shape index (κ2) is 6.19. The van der Waals surface area contributed by atoms with Crippen LogP contribution in [0.3, 0.4) is 0 Å². The first-order valence-electron chi connectivity index (χ1n) is 3.28. The zero-order valence-electron chi connectivity index (χ0n) is 6.61. The molecule has 0 aliphatic heterocycles. The Morgan fingerprint density at radius 1 is 1.25 bits per heavy atom. The Balaban J connectivity index is 0.000000261. The van der Waals surface area contributed by atoms with Crippen LogP contribution in [0.4, 0.5) is 0 Å². The molecule has 0 aromatic heterocycles. The highest BCUT2D eigenvalue weighted by atomic mass is 79.9. The van der Waals surface area contributed by atoms with Crippen molar-refractivity contribution in [2.45, 2.75) is 6.92 Å². The summed E-state index contributed by atoms with van der Waals surface area (Å²) in [7, 11) is -2.17. The molecule has 0 fully saturated rings. The summed E-state index contributed by atoms with van der Waals surface area (Å²) in [6, 6.07) is 8.21. The van der Waals surface area contributed by atoms with Crippen LogP contribution >= 0.6 is 15.9 Å². The molecule has 0 bridgehead atoms. The highest BCUT2D eigenvalue weighted by Crippen LogP contribution is 2.09. The smallest absolute Gasteiger partial charge is 0.402 e. The van der Waals surface area contributed by atoms with E-state index in [2.05, 4.69) is 35.0 Å². The molecule has 3 nitrogen and oxygen atoms in total. The third-order valence-corrected chi connectivity index (χ3v) is 1.47. The van der Waals surface area contributed by atoms with Gasteiger partial charge in [0.1, 0.15) is 0 Å². The number of hydrogen-bond acceptors (Lipinski definition) is 3. The Bertz CT molecular complexity index is 210. The molecule has 5 heteroatoms. The molecular weight excluding hydrogens is 223 g/mol. The molecule has 0 saturated heterocycles. The summed E-state index contributed by atoms with van der Waals surface area (Å²) in [5, 5.41) is 21.5. The summed E-state index contributed by atoms with van der Waals surface area (Å²) in [6.07, 6.45) is 0. The topological polar surface area (TPSA) is 60.7 Å². The van der Waals surface area contributed by atoms with Gasteiger partial charge in [-0.05, 0) is 19.1 Å². The first-order chi connectivity index (χ1) is 5.52. The van der Waals surface area contributed by atoms with E-state index in [4.69, 9.17) is 15.1 Å². The van der Waals surface area contributed by atoms with E-state index in [1.54, 1.807) is 0 Å². The van der Waals surface area contributed by atoms with Crippen LogP contribution in [-0.4, -0.2) is 22.4 Å². The predicted molar refractivity (Wildman–Crippen MR) is 51.3 cm³/mol. The quantitative estimate of drug-likeness (QED) is 0.578. The second-order valence-electron chi connectivity index (χ2n) is 2.15. The van der Waals surface area contributed by atoms with E-state index in [0.29, 0.717) is 0 Å². The molecule has 66 valence electrons. The van der Waals surface area contributed by atoms with E-state index in [-0.39, 0.29) is 0 Å². The Kier molecular flexibility index (Phi) is 6.01. The third kappa shape index (κ3) is 7.75. The summed E-state index contributed by atoms with van der Waals surface area (Å²) in [6.45, 7) is 2.07. The molecule has 1 aromatic carbocycles. The van der Waals surface area contributed by atoms with Gasteiger partial charge in [0.2, 0.25) is 0 Å². The van der Waals surface area contributed by atoms with Crippen LogP contribution in [0.2, 0.25) is 0 Å². The van der Waals surface area contributed by atoms with Crippen LogP contribution in [-0.2, 0) is 0 Å². The van der Waals surface area contributed by atoms with Crippen molar-refractivity contribution in [3.63, 3.8) is 0 Å². The van der Waals surface area contributed by atoms with Crippen molar-refractivity contribution in [3.05, 3.63) is 34.3 Å². The van der Waals surface area contributed by atoms with E-state index in [1.807, 2.05) is 12.1 Å². The number of benzene rings is 1. The minimum atomic E-state index is -2.17. The number of halogens is 1. The van der Waals surface area contributed by atoms with Crippen LogP contribution in [0.25, 0.3) is 0 Å². The molecule has 0 heterocycles. The molecule has 12 heavy (non-hydrogen) atoms. The fourth-order valence-corrected chi connectivity index (χ4v) is 1.12. The Hall–Kier alpha value is -0.355. The molecule has 0 aliphatic carbocycles. The SMILES string of the molecule is Cc1cccc(Br)c1.OB(O)O. The fourth-order valence-electron chi connectivity index (χ4n) is 0.606. The van der Waals surface area contributed by atoms with Gasteiger partial charge in [0.25, 0.3) is 0 Å². The molecule has 3 N–H and O–H groups in total. The predicted octanol–water partition coefficient (Wildman–Crippen LogP) is 0.706. The van der Waals surface area contributed by atoms with E-state index in [9.17, 15) is 0 Å². The lowest BCUT2D eigenvalue weighted by molar-refractivity contribution is 0.278. The minimum Gasteiger partial charge on any atom is -0.402 e. The van der Waals surface area contributed by atoms with E-state index in [1.165, 1.54) is 5.56 Å². The van der Waals surface area contributed by atoms with Crippen LogP contribution in [0.5, 0.6) is 0 Å². The molecule has 0 saturated carbocycles. The van der Waals surface area contributed by atoms with Crippen LogP contribution < -0.4 is 0 Å². The maximum Gasteiger partial charge on any atom is 0.631 e. The highest BCUT2D eigenvalue weighted by Gasteiger charge is 1.92. The average molecular weight is 233 g/mol. The molecule has 1 rings (SSSR count). The van der Waals surface area contributed by atoms with E-state index < -0.39 is 7.32 Å². The van der Waals surface area contributed by atoms with Crippen LogP contribution in [0, 0.1) is 6.92 Å². The van der Waals surface area contributed by atoms with Crippen molar-refractivity contribution >= 4 is 23.3 Å². The Morgan fingerprint density at radius 2 is 1.75 bits per heavy atom. The van der Waals surface area contributed by atoms with Crippen LogP contribution in [0.1, 0.15) is 5.56 Å². The number of hydrogen-bond donors (Lipinski definition) is 3. The van der Waals surface area contributed by atoms with Gasteiger partial charge < -0.3 is 15.1 Å². The van der Waals surface area contributed by atoms with Gasteiger partial charge in [-0.1, -0.05) is 33.6 Å². The summed E-state index contributed by atoms with van der Waals surface area (Å²) < 4.78 is 1.15. The standard InChI is InChI=1S/C7H7Br.BH3O3/c1-6-3-2-4-7(8)5-6;2-1(3)4/h2-5H,1H3;2-4H. The van der Waals surface area contributed by atoms with Gasteiger partial charge in [0, 0.05) is 4.47 Å². The first-order valence-corrected chi connectivity index (χ1v) is 4.08. The fraction of sp³-hybridized carbons (Fsp3) is 0.143. The maximum absolute atomic E-state index is 7.17. The summed E-state index contributed by atoms with van der Waals surface area (Å²) in [4.78, 5) is 0. The van der Waals surface area contributed by atoms with Crippen molar-refractivity contribution in [2.24, 2.45) is 0 Å². The van der Waals surface area contributed by atoms with Gasteiger partial charge >= 0.3 is 7.32 Å². The van der Waals surface area contributed by atoms with Gasteiger partial charge in [0.05, 0.1) is 0 Å². The van der Waals surface area contributed by atoms with Crippen molar-refractivity contribution in [1.29, 1.82) is 0 Å².